The van der Waals surface area contributed by atoms with E-state index in [-0.39, 0.29) is 31.1 Å². The largest absolute Gasteiger partial charge is 0.481 e. The minimum absolute atomic E-state index is 0.0244. The summed E-state index contributed by atoms with van der Waals surface area (Å²) in [5, 5.41) is 9.62. The molecule has 0 spiro atoms. The number of carbonyl (C=O) groups is 2. The second-order valence-corrected chi connectivity index (χ2v) is 7.67. The lowest BCUT2D eigenvalue weighted by Crippen LogP contribution is -2.33. The number of carbonyl (C=O) groups excluding carboxylic acids is 1. The third-order valence-electron chi connectivity index (χ3n) is 5.95. The topological polar surface area (TPSA) is 84.7 Å². The van der Waals surface area contributed by atoms with Crippen LogP contribution in [0.4, 0.5) is 0 Å². The van der Waals surface area contributed by atoms with Gasteiger partial charge in [-0.15, -0.1) is 0 Å². The highest BCUT2D eigenvalue weighted by Gasteiger charge is 2.41. The van der Waals surface area contributed by atoms with E-state index in [1.54, 1.807) is 17.4 Å². The number of benzene rings is 1. The van der Waals surface area contributed by atoms with E-state index in [4.69, 9.17) is 4.74 Å². The molecule has 1 unspecified atom stereocenters. The fraction of sp³-hybridized carbons (Fsp3) is 0.476. The van der Waals surface area contributed by atoms with Gasteiger partial charge in [-0.3, -0.25) is 9.59 Å². The van der Waals surface area contributed by atoms with E-state index in [9.17, 15) is 14.7 Å². The lowest BCUT2D eigenvalue weighted by Gasteiger charge is -2.26. The first-order valence-electron chi connectivity index (χ1n) is 9.70. The van der Waals surface area contributed by atoms with E-state index >= 15 is 0 Å². The predicted octanol–water partition coefficient (Wildman–Crippen LogP) is 2.14. The molecule has 0 radical (unpaired) electrons. The maximum atomic E-state index is 12.8. The molecule has 1 aromatic heterocycles. The first-order chi connectivity index (χ1) is 13.5. The summed E-state index contributed by atoms with van der Waals surface area (Å²) in [6, 6.07) is 8.21. The number of fused-ring (bicyclic) bond motifs is 1. The number of carboxylic acids is 1. The molecule has 1 aliphatic carbocycles. The maximum absolute atomic E-state index is 12.8. The highest BCUT2D eigenvalue weighted by molar-refractivity contribution is 5.80. The van der Waals surface area contributed by atoms with Gasteiger partial charge in [0.15, 0.2) is 0 Å². The zero-order valence-electron chi connectivity index (χ0n) is 16.0. The first-order valence-corrected chi connectivity index (χ1v) is 9.70. The van der Waals surface area contributed by atoms with E-state index in [1.165, 1.54) is 11.1 Å². The van der Waals surface area contributed by atoms with Gasteiger partial charge in [-0.05, 0) is 30.4 Å². The molecule has 7 nitrogen and oxygen atoms in total. The summed E-state index contributed by atoms with van der Waals surface area (Å²) in [5.74, 6) is -1.93. The molecular weight excluding hydrogens is 358 g/mol. The summed E-state index contributed by atoms with van der Waals surface area (Å²) in [6.45, 7) is 0.554. The summed E-state index contributed by atoms with van der Waals surface area (Å²) in [7, 11) is 1.84. The number of aliphatic carboxylic acids is 1. The molecule has 3 atom stereocenters. The number of likely N-dealkylation sites (tertiary alicyclic amines) is 1. The van der Waals surface area contributed by atoms with Crippen LogP contribution in [0.3, 0.4) is 0 Å². The van der Waals surface area contributed by atoms with Gasteiger partial charge in [0.2, 0.25) is 5.91 Å². The molecule has 1 N–H and O–H groups in total. The molecule has 2 aliphatic rings. The average Bonchev–Trinajstić information content (AvgIpc) is 3.32. The zero-order valence-corrected chi connectivity index (χ0v) is 16.0. The Morgan fingerprint density at radius 1 is 1.29 bits per heavy atom. The normalized spacial score (nSPS) is 24.2. The molecule has 1 aliphatic heterocycles. The van der Waals surface area contributed by atoms with E-state index in [0.717, 1.165) is 25.0 Å². The van der Waals surface area contributed by atoms with Crippen molar-refractivity contribution in [2.45, 2.75) is 31.3 Å². The summed E-state index contributed by atoms with van der Waals surface area (Å²) in [6.07, 6.45) is 6.26. The van der Waals surface area contributed by atoms with Crippen molar-refractivity contribution in [3.05, 3.63) is 53.6 Å². The Morgan fingerprint density at radius 2 is 2.11 bits per heavy atom. The highest BCUT2D eigenvalue weighted by Crippen LogP contribution is 2.34. The van der Waals surface area contributed by atoms with E-state index in [2.05, 4.69) is 17.1 Å². The number of nitrogens with zero attached hydrogens (tertiary/aromatic N) is 3. The Kier molecular flexibility index (Phi) is 5.17. The molecule has 1 aromatic carbocycles. The zero-order chi connectivity index (χ0) is 19.7. The second kappa shape index (κ2) is 7.75. The van der Waals surface area contributed by atoms with Crippen LogP contribution in [0.15, 0.2) is 36.8 Å². The fourth-order valence-electron chi connectivity index (χ4n) is 4.43. The number of hydrogen-bond acceptors (Lipinski definition) is 4. The predicted molar refractivity (Wildman–Crippen MR) is 102 cm³/mol. The average molecular weight is 383 g/mol. The van der Waals surface area contributed by atoms with Gasteiger partial charge < -0.3 is 19.3 Å². The smallest absolute Gasteiger partial charge is 0.309 e. The van der Waals surface area contributed by atoms with Crippen LogP contribution in [0.25, 0.3) is 0 Å². The fourth-order valence-corrected chi connectivity index (χ4v) is 4.43. The summed E-state index contributed by atoms with van der Waals surface area (Å²) in [4.78, 5) is 30.2. The molecule has 4 rings (SSSR count). The number of rotatable bonds is 5. The van der Waals surface area contributed by atoms with E-state index in [0.29, 0.717) is 6.54 Å². The molecule has 7 heteroatoms. The number of amides is 1. The minimum Gasteiger partial charge on any atom is -0.481 e. The van der Waals surface area contributed by atoms with E-state index < -0.39 is 11.9 Å². The van der Waals surface area contributed by atoms with Crippen molar-refractivity contribution < 1.29 is 19.4 Å². The summed E-state index contributed by atoms with van der Waals surface area (Å²) in [5.41, 5.74) is 3.29. The number of aryl methyl sites for hydroxylation is 2. The molecule has 28 heavy (non-hydrogen) atoms. The number of ether oxygens (including phenoxy) is 1. The Hall–Kier alpha value is -2.67. The van der Waals surface area contributed by atoms with E-state index in [1.807, 2.05) is 23.7 Å². The molecule has 1 saturated heterocycles. The Bertz CT molecular complexity index is 878. The lowest BCUT2D eigenvalue weighted by atomic mass is 9.89. The molecule has 1 amide bonds. The van der Waals surface area contributed by atoms with Crippen LogP contribution in [0.2, 0.25) is 0 Å². The third kappa shape index (κ3) is 3.54. The van der Waals surface area contributed by atoms with Crippen molar-refractivity contribution in [3.8, 4) is 0 Å². The number of carboxylic acid groups (broad SMARTS) is 1. The van der Waals surface area contributed by atoms with Gasteiger partial charge in [-0.2, -0.15) is 0 Å². The monoisotopic (exact) mass is 383 g/mol. The van der Waals surface area contributed by atoms with Gasteiger partial charge >= 0.3 is 5.97 Å². The number of imidazole rings is 1. The molecule has 0 saturated carbocycles. The van der Waals surface area contributed by atoms with Crippen LogP contribution < -0.4 is 0 Å². The van der Waals surface area contributed by atoms with Crippen LogP contribution in [-0.4, -0.2) is 51.1 Å². The van der Waals surface area contributed by atoms with Crippen molar-refractivity contribution in [2.75, 3.05) is 19.7 Å². The molecule has 148 valence electrons. The maximum Gasteiger partial charge on any atom is 0.309 e. The van der Waals surface area contributed by atoms with Crippen molar-refractivity contribution in [1.29, 1.82) is 0 Å². The quantitative estimate of drug-likeness (QED) is 0.855. The van der Waals surface area contributed by atoms with Gasteiger partial charge in [-0.25, -0.2) is 4.98 Å². The van der Waals surface area contributed by atoms with Crippen molar-refractivity contribution >= 4 is 11.9 Å². The number of hydrogen-bond donors (Lipinski definition) is 1. The molecule has 2 heterocycles. The molecule has 1 fully saturated rings. The summed E-state index contributed by atoms with van der Waals surface area (Å²) >= 11 is 0. The van der Waals surface area contributed by atoms with Crippen LogP contribution in [-0.2, 0) is 27.8 Å². The second-order valence-electron chi connectivity index (χ2n) is 7.67. The van der Waals surface area contributed by atoms with Crippen LogP contribution >= 0.6 is 0 Å². The Balaban J connectivity index is 1.42. The van der Waals surface area contributed by atoms with Gasteiger partial charge in [0.25, 0.3) is 0 Å². The third-order valence-corrected chi connectivity index (χ3v) is 5.95. The highest BCUT2D eigenvalue weighted by atomic mass is 16.5. The standard InChI is InChI=1S/C21H25N3O4/c1-23-13-22-9-18(23)16-10-24(11-17(16)21(26)27)20(25)12-28-19-8-4-6-14-5-2-3-7-15(14)19/h2-3,5,7,9,13,16-17,19H,4,6,8,10-12H2,1H3,(H,26,27)/t16-,17-,19?/m1/s1. The SMILES string of the molecule is Cn1cncc1[C@@H]1CN(C(=O)COC2CCCc3ccccc32)C[C@H]1C(=O)O. The van der Waals surface area contributed by atoms with Crippen molar-refractivity contribution in [2.24, 2.45) is 13.0 Å². The Labute approximate surface area is 163 Å². The van der Waals surface area contributed by atoms with Crippen molar-refractivity contribution in [3.63, 3.8) is 0 Å². The van der Waals surface area contributed by atoms with Gasteiger partial charge in [0, 0.05) is 37.9 Å². The van der Waals surface area contributed by atoms with Gasteiger partial charge in [0.1, 0.15) is 6.61 Å². The summed E-state index contributed by atoms with van der Waals surface area (Å²) < 4.78 is 7.80. The molecular formula is C21H25N3O4. The minimum atomic E-state index is -0.886. The first kappa shape index (κ1) is 18.7. The van der Waals surface area contributed by atoms with Crippen molar-refractivity contribution in [1.82, 2.24) is 14.5 Å². The van der Waals surface area contributed by atoms with Gasteiger partial charge in [0.05, 0.1) is 18.3 Å². The number of aromatic nitrogens is 2. The van der Waals surface area contributed by atoms with Crippen LogP contribution in [0.5, 0.6) is 0 Å². The molecule has 0 bridgehead atoms. The lowest BCUT2D eigenvalue weighted by molar-refractivity contribution is -0.142. The molecule has 2 aromatic rings. The van der Waals surface area contributed by atoms with Gasteiger partial charge in [-0.1, -0.05) is 24.3 Å². The van der Waals surface area contributed by atoms with Crippen LogP contribution in [0, 0.1) is 5.92 Å². The van der Waals surface area contributed by atoms with Crippen LogP contribution in [0.1, 0.15) is 41.7 Å². The Morgan fingerprint density at radius 3 is 2.86 bits per heavy atom.